The molecule has 5 heteroatoms. The highest BCUT2D eigenvalue weighted by molar-refractivity contribution is 5.75. The minimum Gasteiger partial charge on any atom is -0.494 e. The average Bonchev–Trinajstić information content (AvgIpc) is 2.93. The summed E-state index contributed by atoms with van der Waals surface area (Å²) in [6, 6.07) is 26.2. The molecule has 3 aromatic rings. The van der Waals surface area contributed by atoms with Crippen LogP contribution in [-0.2, 0) is 22.6 Å². The number of hydrogen-bond donors (Lipinski definition) is 0. The van der Waals surface area contributed by atoms with Crippen LogP contribution in [-0.4, -0.2) is 50.9 Å². The van der Waals surface area contributed by atoms with Gasteiger partial charge >= 0.3 is 5.97 Å². The van der Waals surface area contributed by atoms with Crippen LogP contribution >= 0.6 is 0 Å². The molecule has 3 aromatic carbocycles. The van der Waals surface area contributed by atoms with Crippen molar-refractivity contribution in [1.82, 2.24) is 0 Å². The molecule has 0 radical (unpaired) electrons. The van der Waals surface area contributed by atoms with Gasteiger partial charge in [-0.2, -0.15) is 0 Å². The highest BCUT2D eigenvalue weighted by Gasteiger charge is 2.33. The molecule has 1 atom stereocenters. The first-order valence-electron chi connectivity index (χ1n) is 14.2. The van der Waals surface area contributed by atoms with Gasteiger partial charge in [-0.3, -0.25) is 0 Å². The molecule has 0 spiro atoms. The third-order valence-electron chi connectivity index (χ3n) is 6.88. The van der Waals surface area contributed by atoms with Crippen LogP contribution in [0.5, 0.6) is 11.5 Å². The van der Waals surface area contributed by atoms with Crippen molar-refractivity contribution >= 4 is 5.97 Å². The van der Waals surface area contributed by atoms with Crippen LogP contribution in [0.3, 0.4) is 0 Å². The van der Waals surface area contributed by atoms with Crippen molar-refractivity contribution in [2.24, 2.45) is 0 Å². The van der Waals surface area contributed by atoms with E-state index in [-0.39, 0.29) is 12.0 Å². The van der Waals surface area contributed by atoms with E-state index < -0.39 is 0 Å². The normalized spacial score (nSPS) is 12.1. The fourth-order valence-electron chi connectivity index (χ4n) is 4.36. The lowest BCUT2D eigenvalue weighted by molar-refractivity contribution is -0.887. The average molecular weight is 533 g/mol. The molecule has 0 saturated heterocycles. The number of nitrogens with zero attached hydrogens (tertiary/aromatic N) is 1. The van der Waals surface area contributed by atoms with Crippen LogP contribution in [0, 0.1) is 6.92 Å². The van der Waals surface area contributed by atoms with E-state index in [1.807, 2.05) is 42.5 Å². The van der Waals surface area contributed by atoms with Crippen molar-refractivity contribution in [3.05, 3.63) is 95.6 Å². The van der Waals surface area contributed by atoms with Gasteiger partial charge in [0.25, 0.3) is 0 Å². The lowest BCUT2D eigenvalue weighted by Crippen LogP contribution is -2.51. The van der Waals surface area contributed by atoms with Crippen molar-refractivity contribution in [3.8, 4) is 11.5 Å². The van der Waals surface area contributed by atoms with Gasteiger partial charge in [0.1, 0.15) is 18.1 Å². The van der Waals surface area contributed by atoms with E-state index in [2.05, 4.69) is 64.5 Å². The van der Waals surface area contributed by atoms with Gasteiger partial charge in [0.05, 0.1) is 34.4 Å². The molecule has 0 aliphatic heterocycles. The Labute approximate surface area is 235 Å². The van der Waals surface area contributed by atoms with Crippen molar-refractivity contribution in [2.75, 3.05) is 34.4 Å². The third-order valence-corrected chi connectivity index (χ3v) is 6.88. The molecule has 210 valence electrons. The molecule has 0 amide bonds. The summed E-state index contributed by atoms with van der Waals surface area (Å²) < 4.78 is 18.0. The number of unbranched alkanes of at least 4 members (excludes halogenated alkanes) is 5. The Balaban J connectivity index is 1.21. The minimum atomic E-state index is -0.199. The fraction of sp³-hybridized carbons (Fsp3) is 0.441. The number of benzene rings is 3. The molecular weight excluding hydrogens is 486 g/mol. The Morgan fingerprint density at radius 2 is 1.23 bits per heavy atom. The maximum atomic E-state index is 12.8. The lowest BCUT2D eigenvalue weighted by atomic mass is 10.0. The zero-order valence-electron chi connectivity index (χ0n) is 24.2. The number of likely N-dealkylation sites (N-methyl/N-ethyl adjacent to an activating group) is 1. The molecule has 0 bridgehead atoms. The summed E-state index contributed by atoms with van der Waals surface area (Å²) in [6.45, 7) is 3.86. The zero-order valence-corrected chi connectivity index (χ0v) is 24.2. The Kier molecular flexibility index (Phi) is 12.4. The molecule has 5 nitrogen and oxygen atoms in total. The van der Waals surface area contributed by atoms with Crippen LogP contribution in [0.25, 0.3) is 0 Å². The summed E-state index contributed by atoms with van der Waals surface area (Å²) in [5, 5.41) is 0. The fourth-order valence-corrected chi connectivity index (χ4v) is 4.36. The van der Waals surface area contributed by atoms with E-state index in [4.69, 9.17) is 14.2 Å². The highest BCUT2D eigenvalue weighted by atomic mass is 16.5. The van der Waals surface area contributed by atoms with Gasteiger partial charge in [0.15, 0.2) is 6.04 Å². The predicted molar refractivity (Wildman–Crippen MR) is 158 cm³/mol. The van der Waals surface area contributed by atoms with Gasteiger partial charge in [-0.1, -0.05) is 85.8 Å². The Hall–Kier alpha value is -3.31. The smallest absolute Gasteiger partial charge is 0.365 e. The van der Waals surface area contributed by atoms with E-state index >= 15 is 0 Å². The third kappa shape index (κ3) is 11.5. The summed E-state index contributed by atoms with van der Waals surface area (Å²) in [5.74, 6) is 1.62. The number of esters is 1. The molecule has 0 heterocycles. The summed E-state index contributed by atoms with van der Waals surface area (Å²) in [7, 11) is 6.15. The molecule has 1 unspecified atom stereocenters. The van der Waals surface area contributed by atoms with Crippen LogP contribution in [0.1, 0.15) is 55.2 Å². The maximum Gasteiger partial charge on any atom is 0.365 e. The highest BCUT2D eigenvalue weighted by Crippen LogP contribution is 2.19. The lowest BCUT2D eigenvalue weighted by Gasteiger charge is -2.32. The van der Waals surface area contributed by atoms with Crippen LogP contribution in [0.4, 0.5) is 0 Å². The SMILES string of the molecule is Cc1ccc(COc2ccc(OCCCCCCCCOC(=O)C(Cc3ccccc3)[N+](C)(C)C)cc2)cc1. The van der Waals surface area contributed by atoms with E-state index in [9.17, 15) is 4.79 Å². The van der Waals surface area contributed by atoms with Gasteiger partial charge in [0.2, 0.25) is 0 Å². The predicted octanol–water partition coefficient (Wildman–Crippen LogP) is 7.15. The molecule has 0 saturated carbocycles. The van der Waals surface area contributed by atoms with Crippen LogP contribution in [0.15, 0.2) is 78.9 Å². The van der Waals surface area contributed by atoms with E-state index in [1.165, 1.54) is 12.0 Å². The first-order valence-corrected chi connectivity index (χ1v) is 14.2. The first kappa shape index (κ1) is 30.2. The second kappa shape index (κ2) is 15.9. The minimum absolute atomic E-state index is 0.102. The summed E-state index contributed by atoms with van der Waals surface area (Å²) in [6.07, 6.45) is 7.16. The number of ether oxygens (including phenoxy) is 3. The van der Waals surface area contributed by atoms with E-state index in [1.54, 1.807) is 0 Å². The molecule has 0 fully saturated rings. The summed E-state index contributed by atoms with van der Waals surface area (Å²) in [5.41, 5.74) is 3.58. The number of hydrogen-bond acceptors (Lipinski definition) is 4. The molecule has 0 N–H and O–H groups in total. The zero-order chi connectivity index (χ0) is 27.9. The van der Waals surface area contributed by atoms with E-state index in [0.717, 1.165) is 61.3 Å². The largest absolute Gasteiger partial charge is 0.494 e. The summed E-state index contributed by atoms with van der Waals surface area (Å²) >= 11 is 0. The number of quaternary nitrogens is 1. The number of rotatable bonds is 17. The Bertz CT molecular complexity index is 1090. The van der Waals surface area contributed by atoms with Gasteiger partial charge in [-0.25, -0.2) is 4.79 Å². The van der Waals surface area contributed by atoms with Gasteiger partial charge in [-0.15, -0.1) is 0 Å². The van der Waals surface area contributed by atoms with Crippen molar-refractivity contribution in [3.63, 3.8) is 0 Å². The van der Waals surface area contributed by atoms with Gasteiger partial charge in [-0.05, 0) is 55.2 Å². The van der Waals surface area contributed by atoms with Gasteiger partial charge in [0, 0.05) is 6.42 Å². The number of carbonyl (C=O) groups excluding carboxylic acids is 1. The topological polar surface area (TPSA) is 44.8 Å². The summed E-state index contributed by atoms with van der Waals surface area (Å²) in [4.78, 5) is 12.8. The molecule has 3 rings (SSSR count). The molecule has 39 heavy (non-hydrogen) atoms. The van der Waals surface area contributed by atoms with Crippen molar-refractivity contribution < 1.29 is 23.5 Å². The first-order chi connectivity index (χ1) is 18.8. The van der Waals surface area contributed by atoms with Gasteiger partial charge < -0.3 is 18.7 Å². The van der Waals surface area contributed by atoms with E-state index in [0.29, 0.717) is 24.1 Å². The monoisotopic (exact) mass is 532 g/mol. The number of carbonyl (C=O) groups is 1. The quantitative estimate of drug-likeness (QED) is 0.105. The Morgan fingerprint density at radius 3 is 1.85 bits per heavy atom. The second-order valence-corrected chi connectivity index (χ2v) is 11.2. The van der Waals surface area contributed by atoms with Crippen molar-refractivity contribution in [1.29, 1.82) is 0 Å². The Morgan fingerprint density at radius 1 is 0.667 bits per heavy atom. The molecule has 0 aromatic heterocycles. The number of aryl methyl sites for hydroxylation is 1. The standard InChI is InChI=1S/C34H46NO4/c1-28-16-18-30(19-17-28)27-39-32-22-20-31(21-23-32)37-24-12-7-5-6-8-13-25-38-34(36)33(35(2,3)4)26-29-14-10-9-11-15-29/h9-11,14-23,33H,5-8,12-13,24-27H2,1-4H3/q+1. The molecule has 0 aliphatic rings. The van der Waals surface area contributed by atoms with Crippen molar-refractivity contribution in [2.45, 2.75) is 64.5 Å². The molecular formula is C34H46NO4+. The molecule has 0 aliphatic carbocycles. The maximum absolute atomic E-state index is 12.8. The van der Waals surface area contributed by atoms with Crippen LogP contribution in [0.2, 0.25) is 0 Å². The second-order valence-electron chi connectivity index (χ2n) is 11.2. The van der Waals surface area contributed by atoms with Crippen LogP contribution < -0.4 is 9.47 Å².